The Hall–Kier alpha value is -2.19. The average molecular weight is 396 g/mol. The molecule has 1 unspecified atom stereocenters. The molecule has 3 rings (SSSR count). The number of hydrogen-bond donors (Lipinski definition) is 3. The number of hydrogen-bond acceptors (Lipinski definition) is 5. The lowest BCUT2D eigenvalue weighted by molar-refractivity contribution is 0.0950. The summed E-state index contributed by atoms with van der Waals surface area (Å²) in [6.07, 6.45) is 2.72. The highest BCUT2D eigenvalue weighted by atomic mass is 35.5. The highest BCUT2D eigenvalue weighted by Crippen LogP contribution is 2.39. The van der Waals surface area contributed by atoms with Gasteiger partial charge in [0, 0.05) is 24.7 Å². The van der Waals surface area contributed by atoms with E-state index >= 15 is 0 Å². The number of carbonyl (C=O) groups is 1. The van der Waals surface area contributed by atoms with E-state index in [9.17, 15) is 14.4 Å². The SMILES string of the molecule is CCCn1c(=O)[nH]c(=O)c2c(C(=O)NCC(C)CN)cc(C3CC3)nc21.Cl. The second-order valence-corrected chi connectivity index (χ2v) is 7.03. The lowest BCUT2D eigenvalue weighted by atomic mass is 10.1. The molecule has 0 radical (unpaired) electrons. The Morgan fingerprint density at radius 2 is 2.15 bits per heavy atom. The van der Waals surface area contributed by atoms with Crippen molar-refractivity contribution in [1.29, 1.82) is 0 Å². The molecule has 0 bridgehead atoms. The Kier molecular flexibility index (Phi) is 6.78. The third kappa shape index (κ3) is 4.39. The zero-order valence-corrected chi connectivity index (χ0v) is 16.4. The van der Waals surface area contributed by atoms with Gasteiger partial charge in [0.15, 0.2) is 5.65 Å². The number of aromatic amines is 1. The van der Waals surface area contributed by atoms with Gasteiger partial charge in [0.05, 0.1) is 10.9 Å². The van der Waals surface area contributed by atoms with Gasteiger partial charge in [-0.05, 0) is 37.8 Å². The van der Waals surface area contributed by atoms with Crippen molar-refractivity contribution in [2.45, 2.75) is 45.6 Å². The Morgan fingerprint density at radius 1 is 1.44 bits per heavy atom. The molecule has 1 atom stereocenters. The molecule has 1 amide bonds. The fourth-order valence-electron chi connectivity index (χ4n) is 2.94. The average Bonchev–Trinajstić information content (AvgIpc) is 3.46. The van der Waals surface area contributed by atoms with E-state index in [0.717, 1.165) is 18.5 Å². The molecule has 2 aromatic heterocycles. The predicted molar refractivity (Wildman–Crippen MR) is 107 cm³/mol. The first-order valence-corrected chi connectivity index (χ1v) is 9.12. The molecule has 148 valence electrons. The number of pyridine rings is 1. The van der Waals surface area contributed by atoms with E-state index in [-0.39, 0.29) is 35.2 Å². The molecule has 0 spiro atoms. The number of carbonyl (C=O) groups excluding carboxylic acids is 1. The van der Waals surface area contributed by atoms with Crippen molar-refractivity contribution < 1.29 is 4.79 Å². The summed E-state index contributed by atoms with van der Waals surface area (Å²) in [5.41, 5.74) is 5.86. The van der Waals surface area contributed by atoms with Crippen LogP contribution in [0.4, 0.5) is 0 Å². The number of aryl methyl sites for hydroxylation is 1. The molecule has 1 fully saturated rings. The Labute approximate surface area is 163 Å². The first kappa shape index (κ1) is 21.1. The van der Waals surface area contributed by atoms with Gasteiger partial charge >= 0.3 is 5.69 Å². The van der Waals surface area contributed by atoms with Crippen molar-refractivity contribution in [3.05, 3.63) is 38.2 Å². The smallest absolute Gasteiger partial charge is 0.329 e. The zero-order valence-electron chi connectivity index (χ0n) is 15.6. The highest BCUT2D eigenvalue weighted by molar-refractivity contribution is 6.05. The number of amides is 1. The van der Waals surface area contributed by atoms with Crippen molar-refractivity contribution in [1.82, 2.24) is 19.9 Å². The number of halogens is 1. The summed E-state index contributed by atoms with van der Waals surface area (Å²) in [6, 6.07) is 1.69. The number of nitrogens with zero attached hydrogens (tertiary/aromatic N) is 2. The first-order chi connectivity index (χ1) is 12.5. The lowest BCUT2D eigenvalue weighted by Crippen LogP contribution is -2.35. The maximum Gasteiger partial charge on any atom is 0.329 e. The monoisotopic (exact) mass is 395 g/mol. The molecule has 2 heterocycles. The van der Waals surface area contributed by atoms with Gasteiger partial charge < -0.3 is 11.1 Å². The van der Waals surface area contributed by atoms with Gasteiger partial charge in [0.1, 0.15) is 0 Å². The maximum absolute atomic E-state index is 12.8. The number of fused-ring (bicyclic) bond motifs is 1. The van der Waals surface area contributed by atoms with Crippen LogP contribution >= 0.6 is 12.4 Å². The van der Waals surface area contributed by atoms with Crippen molar-refractivity contribution in [2.24, 2.45) is 11.7 Å². The number of H-pyrrole nitrogens is 1. The molecule has 2 aromatic rings. The molecule has 1 saturated carbocycles. The van der Waals surface area contributed by atoms with E-state index in [4.69, 9.17) is 5.73 Å². The maximum atomic E-state index is 12.8. The number of nitrogens with two attached hydrogens (primary N) is 1. The molecule has 9 heteroatoms. The summed E-state index contributed by atoms with van der Waals surface area (Å²) < 4.78 is 1.45. The van der Waals surface area contributed by atoms with Gasteiger partial charge in [-0.3, -0.25) is 19.1 Å². The molecule has 0 saturated heterocycles. The third-order valence-electron chi connectivity index (χ3n) is 4.67. The summed E-state index contributed by atoms with van der Waals surface area (Å²) in [6.45, 7) is 5.19. The fraction of sp³-hybridized carbons (Fsp3) is 0.556. The summed E-state index contributed by atoms with van der Waals surface area (Å²) in [4.78, 5) is 44.3. The van der Waals surface area contributed by atoms with Crippen LogP contribution in [0, 0.1) is 5.92 Å². The largest absolute Gasteiger partial charge is 0.352 e. The predicted octanol–water partition coefficient (Wildman–Crippen LogP) is 1.12. The Balaban J connectivity index is 0.00000261. The minimum atomic E-state index is -0.579. The summed E-state index contributed by atoms with van der Waals surface area (Å²) in [5, 5.41) is 3.00. The van der Waals surface area contributed by atoms with Crippen molar-refractivity contribution in [3.8, 4) is 0 Å². The van der Waals surface area contributed by atoms with Crippen LogP contribution in [0.25, 0.3) is 11.0 Å². The highest BCUT2D eigenvalue weighted by Gasteiger charge is 2.28. The minimum absolute atomic E-state index is 0. The molecule has 1 aliphatic rings. The van der Waals surface area contributed by atoms with Crippen LogP contribution in [0.1, 0.15) is 55.1 Å². The topological polar surface area (TPSA) is 123 Å². The van der Waals surface area contributed by atoms with Gasteiger partial charge in [-0.2, -0.15) is 0 Å². The van der Waals surface area contributed by atoms with Crippen LogP contribution in [0.15, 0.2) is 15.7 Å². The number of aromatic nitrogens is 3. The zero-order chi connectivity index (χ0) is 18.8. The lowest BCUT2D eigenvalue weighted by Gasteiger charge is -2.14. The minimum Gasteiger partial charge on any atom is -0.352 e. The van der Waals surface area contributed by atoms with Gasteiger partial charge in [0.25, 0.3) is 11.5 Å². The van der Waals surface area contributed by atoms with E-state index in [2.05, 4.69) is 15.3 Å². The molecule has 4 N–H and O–H groups in total. The summed E-state index contributed by atoms with van der Waals surface area (Å²) in [5.74, 6) is 0.0803. The molecule has 27 heavy (non-hydrogen) atoms. The van der Waals surface area contributed by atoms with Crippen LogP contribution in [0.2, 0.25) is 0 Å². The van der Waals surface area contributed by atoms with Crippen LogP contribution < -0.4 is 22.3 Å². The molecule has 0 aliphatic heterocycles. The van der Waals surface area contributed by atoms with E-state index < -0.39 is 11.2 Å². The standard InChI is InChI=1S/C18H25N5O3.ClH/c1-3-6-23-15-14(17(25)22-18(23)26)12(7-13(21-15)11-4-5-11)16(24)20-9-10(2)8-19;/h7,10-11H,3-6,8-9,19H2,1-2H3,(H,20,24)(H,22,25,26);1H. The van der Waals surface area contributed by atoms with E-state index in [1.165, 1.54) is 4.57 Å². The summed E-state index contributed by atoms with van der Waals surface area (Å²) in [7, 11) is 0. The van der Waals surface area contributed by atoms with Gasteiger partial charge in [-0.15, -0.1) is 12.4 Å². The third-order valence-corrected chi connectivity index (χ3v) is 4.67. The van der Waals surface area contributed by atoms with Crippen LogP contribution in [0.3, 0.4) is 0 Å². The van der Waals surface area contributed by atoms with E-state index in [1.54, 1.807) is 6.07 Å². The molecule has 8 nitrogen and oxygen atoms in total. The molecule has 0 aromatic carbocycles. The molecular weight excluding hydrogens is 370 g/mol. The second-order valence-electron chi connectivity index (χ2n) is 7.03. The van der Waals surface area contributed by atoms with Crippen molar-refractivity contribution >= 4 is 29.3 Å². The van der Waals surface area contributed by atoms with Gasteiger partial charge in [-0.25, -0.2) is 9.78 Å². The molecule has 1 aliphatic carbocycles. The van der Waals surface area contributed by atoms with Crippen molar-refractivity contribution in [2.75, 3.05) is 13.1 Å². The Bertz CT molecular complexity index is 948. The second kappa shape index (κ2) is 8.67. The van der Waals surface area contributed by atoms with Crippen LogP contribution in [-0.4, -0.2) is 33.5 Å². The first-order valence-electron chi connectivity index (χ1n) is 9.12. The fourth-order valence-corrected chi connectivity index (χ4v) is 2.94. The van der Waals surface area contributed by atoms with Gasteiger partial charge in [-0.1, -0.05) is 13.8 Å². The van der Waals surface area contributed by atoms with Gasteiger partial charge in [0.2, 0.25) is 0 Å². The van der Waals surface area contributed by atoms with Crippen LogP contribution in [0.5, 0.6) is 0 Å². The van der Waals surface area contributed by atoms with E-state index in [1.807, 2.05) is 13.8 Å². The number of rotatable bonds is 7. The van der Waals surface area contributed by atoms with E-state index in [0.29, 0.717) is 37.6 Å². The van der Waals surface area contributed by atoms with Crippen LogP contribution in [-0.2, 0) is 6.54 Å². The normalized spacial score (nSPS) is 14.6. The number of nitrogens with one attached hydrogen (secondary N) is 2. The molecular formula is C18H26ClN5O3. The Morgan fingerprint density at radius 3 is 2.74 bits per heavy atom. The quantitative estimate of drug-likeness (QED) is 0.648. The summed E-state index contributed by atoms with van der Waals surface area (Å²) >= 11 is 0. The van der Waals surface area contributed by atoms with Crippen molar-refractivity contribution in [3.63, 3.8) is 0 Å².